The van der Waals surface area contributed by atoms with Crippen LogP contribution in [0.25, 0.3) is 0 Å². The van der Waals surface area contributed by atoms with Crippen LogP contribution in [-0.2, 0) is 30.1 Å². The van der Waals surface area contributed by atoms with Gasteiger partial charge in [-0.15, -0.1) is 0 Å². The van der Waals surface area contributed by atoms with Crippen LogP contribution in [-0.4, -0.2) is 46.7 Å². The number of likely N-dealkylation sites (tertiary alicyclic amines) is 1. The normalized spacial score (nSPS) is 20.7. The number of non-ortho nitro benzene ring substituents is 1. The third kappa shape index (κ3) is 4.86. The standard InChI is InChI=1S/C19H18F3N3O7/c20-19(21,22)13-7-10(25(30)31)5-6-14(13)23-15(26)9-32-16(27)8-24-17(28)11-3-1-2-4-12(11)18(24)29/h5-7,11-12H,1-4,8-9H2,(H,23,26). The number of fused-ring (bicyclic) bond motifs is 1. The zero-order valence-electron chi connectivity index (χ0n) is 16.5. The number of imide groups is 1. The molecule has 1 aliphatic heterocycles. The first-order valence-electron chi connectivity index (χ1n) is 9.65. The highest BCUT2D eigenvalue weighted by atomic mass is 19.4. The first kappa shape index (κ1) is 23.2. The van der Waals surface area contributed by atoms with Crippen LogP contribution in [0.4, 0.5) is 24.5 Å². The van der Waals surface area contributed by atoms with Crippen LogP contribution in [0.15, 0.2) is 18.2 Å². The third-order valence-electron chi connectivity index (χ3n) is 5.38. The number of nitrogens with zero attached hydrogens (tertiary/aromatic N) is 2. The molecule has 1 aromatic rings. The van der Waals surface area contributed by atoms with E-state index in [2.05, 4.69) is 4.74 Å². The summed E-state index contributed by atoms with van der Waals surface area (Å²) >= 11 is 0. The Balaban J connectivity index is 1.58. The lowest BCUT2D eigenvalue weighted by atomic mass is 9.81. The van der Waals surface area contributed by atoms with Gasteiger partial charge in [-0.2, -0.15) is 13.2 Å². The van der Waals surface area contributed by atoms with Gasteiger partial charge in [0.25, 0.3) is 11.6 Å². The van der Waals surface area contributed by atoms with Crippen molar-refractivity contribution in [2.24, 2.45) is 11.8 Å². The molecule has 13 heteroatoms. The van der Waals surface area contributed by atoms with Crippen LogP contribution in [0, 0.1) is 22.0 Å². The molecule has 1 N–H and O–H groups in total. The van der Waals surface area contributed by atoms with Gasteiger partial charge in [0, 0.05) is 12.1 Å². The van der Waals surface area contributed by atoms with Crippen molar-refractivity contribution in [3.63, 3.8) is 0 Å². The lowest BCUT2D eigenvalue weighted by molar-refractivity contribution is -0.385. The number of esters is 1. The fraction of sp³-hybridized carbons (Fsp3) is 0.474. The molecule has 1 aromatic carbocycles. The van der Waals surface area contributed by atoms with E-state index in [4.69, 9.17) is 0 Å². The van der Waals surface area contributed by atoms with Crippen molar-refractivity contribution in [1.29, 1.82) is 0 Å². The molecule has 1 heterocycles. The van der Waals surface area contributed by atoms with Crippen LogP contribution in [0.3, 0.4) is 0 Å². The number of nitrogens with one attached hydrogen (secondary N) is 1. The number of carbonyl (C=O) groups is 4. The summed E-state index contributed by atoms with van der Waals surface area (Å²) in [5.41, 5.74) is -3.01. The molecule has 2 unspecified atom stereocenters. The molecule has 0 radical (unpaired) electrons. The number of amides is 3. The number of nitro groups is 1. The van der Waals surface area contributed by atoms with Gasteiger partial charge in [0.05, 0.1) is 28.0 Å². The maximum Gasteiger partial charge on any atom is 0.418 e. The Kier molecular flexibility index (Phi) is 6.46. The highest BCUT2D eigenvalue weighted by molar-refractivity contribution is 6.07. The SMILES string of the molecule is O=C(COC(=O)CN1C(=O)C2CCCCC2C1=O)Nc1ccc([N+](=O)[O-])cc1C(F)(F)F. The van der Waals surface area contributed by atoms with Crippen LogP contribution in [0.1, 0.15) is 31.2 Å². The van der Waals surface area contributed by atoms with Crippen molar-refractivity contribution >= 4 is 35.1 Å². The summed E-state index contributed by atoms with van der Waals surface area (Å²) < 4.78 is 44.2. The van der Waals surface area contributed by atoms with Crippen molar-refractivity contribution in [3.8, 4) is 0 Å². The lowest BCUT2D eigenvalue weighted by Crippen LogP contribution is -2.37. The van der Waals surface area contributed by atoms with Gasteiger partial charge in [0.15, 0.2) is 6.61 Å². The summed E-state index contributed by atoms with van der Waals surface area (Å²) in [7, 11) is 0. The second-order valence-electron chi connectivity index (χ2n) is 7.45. The molecule has 32 heavy (non-hydrogen) atoms. The molecule has 1 aliphatic carbocycles. The Labute approximate surface area is 178 Å². The van der Waals surface area contributed by atoms with Crippen molar-refractivity contribution in [1.82, 2.24) is 4.90 Å². The predicted molar refractivity (Wildman–Crippen MR) is 99.9 cm³/mol. The fourth-order valence-corrected chi connectivity index (χ4v) is 3.88. The molecular weight excluding hydrogens is 439 g/mol. The molecule has 0 aromatic heterocycles. The topological polar surface area (TPSA) is 136 Å². The number of hydrogen-bond acceptors (Lipinski definition) is 7. The fourth-order valence-electron chi connectivity index (χ4n) is 3.88. The Morgan fingerprint density at radius 2 is 1.75 bits per heavy atom. The molecule has 1 saturated carbocycles. The van der Waals surface area contributed by atoms with Crippen molar-refractivity contribution in [2.75, 3.05) is 18.5 Å². The van der Waals surface area contributed by atoms with Crippen LogP contribution >= 0.6 is 0 Å². The second kappa shape index (κ2) is 8.93. The number of carbonyl (C=O) groups excluding carboxylic acids is 4. The molecule has 0 bridgehead atoms. The number of hydrogen-bond donors (Lipinski definition) is 1. The summed E-state index contributed by atoms with van der Waals surface area (Å²) in [6, 6.07) is 1.76. The molecule has 3 amide bonds. The third-order valence-corrected chi connectivity index (χ3v) is 5.38. The van der Waals surface area contributed by atoms with E-state index in [1.165, 1.54) is 0 Å². The number of anilines is 1. The predicted octanol–water partition coefficient (Wildman–Crippen LogP) is 2.27. The summed E-state index contributed by atoms with van der Waals surface area (Å²) in [6.45, 7) is -1.67. The monoisotopic (exact) mass is 457 g/mol. The van der Waals surface area contributed by atoms with Gasteiger partial charge < -0.3 is 10.1 Å². The van der Waals surface area contributed by atoms with Crippen molar-refractivity contribution < 1.29 is 42.0 Å². The number of rotatable bonds is 6. The Hall–Kier alpha value is -3.51. The van der Waals surface area contributed by atoms with E-state index in [9.17, 15) is 42.5 Å². The minimum absolute atomic E-state index is 0.270. The molecule has 2 aliphatic rings. The summed E-state index contributed by atoms with van der Waals surface area (Å²) in [4.78, 5) is 59.1. The van der Waals surface area contributed by atoms with E-state index in [1.54, 1.807) is 0 Å². The zero-order chi connectivity index (χ0) is 23.6. The van der Waals surface area contributed by atoms with Crippen LogP contribution in [0.5, 0.6) is 0 Å². The maximum absolute atomic E-state index is 13.2. The molecule has 2 fully saturated rings. The van der Waals surface area contributed by atoms with E-state index in [-0.39, 0.29) is 6.07 Å². The van der Waals surface area contributed by atoms with E-state index in [0.717, 1.165) is 23.8 Å². The largest absolute Gasteiger partial charge is 0.454 e. The van der Waals surface area contributed by atoms with Gasteiger partial charge in [0.1, 0.15) is 6.54 Å². The van der Waals surface area contributed by atoms with E-state index >= 15 is 0 Å². The van der Waals surface area contributed by atoms with Gasteiger partial charge in [-0.05, 0) is 18.9 Å². The van der Waals surface area contributed by atoms with Crippen molar-refractivity contribution in [3.05, 3.63) is 33.9 Å². The van der Waals surface area contributed by atoms with Crippen molar-refractivity contribution in [2.45, 2.75) is 31.9 Å². The highest BCUT2D eigenvalue weighted by Crippen LogP contribution is 2.38. The second-order valence-corrected chi connectivity index (χ2v) is 7.45. The van der Waals surface area contributed by atoms with Crippen LogP contribution in [0.2, 0.25) is 0 Å². The molecule has 3 rings (SSSR count). The molecular formula is C19H18F3N3O7. The molecule has 2 atom stereocenters. The molecule has 1 saturated heterocycles. The number of nitro benzene ring substituents is 1. The maximum atomic E-state index is 13.2. The Morgan fingerprint density at radius 1 is 1.16 bits per heavy atom. The summed E-state index contributed by atoms with van der Waals surface area (Å²) in [5.74, 6) is -4.07. The lowest BCUT2D eigenvalue weighted by Gasteiger charge is -2.19. The van der Waals surface area contributed by atoms with Gasteiger partial charge in [-0.1, -0.05) is 12.8 Å². The van der Waals surface area contributed by atoms with E-state index < -0.39 is 76.7 Å². The molecule has 10 nitrogen and oxygen atoms in total. The zero-order valence-corrected chi connectivity index (χ0v) is 16.5. The minimum Gasteiger partial charge on any atom is -0.454 e. The average Bonchev–Trinajstić information content (AvgIpc) is 2.97. The smallest absolute Gasteiger partial charge is 0.418 e. The molecule has 172 valence electrons. The van der Waals surface area contributed by atoms with Gasteiger partial charge in [-0.3, -0.25) is 34.2 Å². The first-order valence-corrected chi connectivity index (χ1v) is 9.65. The van der Waals surface area contributed by atoms with Crippen LogP contribution < -0.4 is 5.32 Å². The van der Waals surface area contributed by atoms with E-state index in [0.29, 0.717) is 18.9 Å². The number of halogens is 3. The molecule has 0 spiro atoms. The first-order chi connectivity index (χ1) is 15.0. The highest BCUT2D eigenvalue weighted by Gasteiger charge is 2.48. The van der Waals surface area contributed by atoms with Gasteiger partial charge in [0.2, 0.25) is 11.8 Å². The van der Waals surface area contributed by atoms with Gasteiger partial charge in [-0.25, -0.2) is 0 Å². The van der Waals surface area contributed by atoms with E-state index in [1.807, 2.05) is 5.32 Å². The minimum atomic E-state index is -4.99. The number of benzene rings is 1. The Morgan fingerprint density at radius 3 is 2.28 bits per heavy atom. The summed E-state index contributed by atoms with van der Waals surface area (Å²) in [5, 5.41) is 12.6. The summed E-state index contributed by atoms with van der Waals surface area (Å²) in [6.07, 6.45) is -2.26. The number of alkyl halides is 3. The Bertz CT molecular complexity index is 955. The quantitative estimate of drug-likeness (QED) is 0.300. The van der Waals surface area contributed by atoms with Gasteiger partial charge >= 0.3 is 12.1 Å². The average molecular weight is 457 g/mol. The number of ether oxygens (including phenoxy) is 1.